The van der Waals surface area contributed by atoms with Crippen molar-refractivity contribution in [2.24, 2.45) is 5.41 Å². The minimum Gasteiger partial charge on any atom is -0.395 e. The number of hydrogen-bond donors (Lipinski definition) is 3. The van der Waals surface area contributed by atoms with Crippen LogP contribution >= 0.6 is 0 Å². The first-order valence-electron chi connectivity index (χ1n) is 14.8. The fourth-order valence-electron chi connectivity index (χ4n) is 6.51. The summed E-state index contributed by atoms with van der Waals surface area (Å²) in [6.07, 6.45) is 7.78. The Morgan fingerprint density at radius 3 is 2.49 bits per heavy atom. The van der Waals surface area contributed by atoms with Crippen molar-refractivity contribution in [3.05, 3.63) is 35.5 Å². The van der Waals surface area contributed by atoms with E-state index in [0.29, 0.717) is 53.1 Å². The third-order valence-corrected chi connectivity index (χ3v) is 8.81. The Bertz CT molecular complexity index is 1340. The number of hydrogen-bond acceptors (Lipinski definition) is 9. The second kappa shape index (κ2) is 11.7. The molecule has 2 saturated heterocycles. The third-order valence-electron chi connectivity index (χ3n) is 8.81. The van der Waals surface area contributed by atoms with Crippen molar-refractivity contribution in [3.8, 4) is 0 Å². The van der Waals surface area contributed by atoms with Crippen molar-refractivity contribution in [1.82, 2.24) is 25.1 Å². The molecular formula is C29H40F2N8O2. The van der Waals surface area contributed by atoms with E-state index in [0.717, 1.165) is 52.0 Å². The van der Waals surface area contributed by atoms with Crippen LogP contribution in [0, 0.1) is 17.0 Å². The van der Waals surface area contributed by atoms with Crippen molar-refractivity contribution < 1.29 is 18.6 Å². The molecule has 1 aliphatic carbocycles. The van der Waals surface area contributed by atoms with Gasteiger partial charge in [-0.2, -0.15) is 10.1 Å². The first-order chi connectivity index (χ1) is 19.9. The lowest BCUT2D eigenvalue weighted by Crippen LogP contribution is -2.61. The summed E-state index contributed by atoms with van der Waals surface area (Å²) in [5.41, 5.74) is 7.88. The van der Waals surface area contributed by atoms with Crippen LogP contribution in [0.5, 0.6) is 0 Å². The predicted octanol–water partition coefficient (Wildman–Crippen LogP) is 3.07. The van der Waals surface area contributed by atoms with Crippen molar-refractivity contribution in [2.75, 3.05) is 61.5 Å². The molecule has 4 heterocycles. The molecule has 2 aromatic heterocycles. The number of ether oxygens (including phenoxy) is 1. The highest BCUT2D eigenvalue weighted by Crippen LogP contribution is 2.47. The highest BCUT2D eigenvalue weighted by molar-refractivity contribution is 5.86. The van der Waals surface area contributed by atoms with Crippen molar-refractivity contribution in [1.29, 1.82) is 0 Å². The van der Waals surface area contributed by atoms with Gasteiger partial charge in [0, 0.05) is 54.9 Å². The number of piperidine rings is 1. The van der Waals surface area contributed by atoms with Crippen molar-refractivity contribution >= 4 is 28.5 Å². The van der Waals surface area contributed by atoms with Gasteiger partial charge in [-0.1, -0.05) is 13.3 Å². The number of nitrogens with one attached hydrogen (secondary N) is 1. The Morgan fingerprint density at radius 2 is 1.85 bits per heavy atom. The summed E-state index contributed by atoms with van der Waals surface area (Å²) in [5, 5.41) is 17.9. The molecule has 12 heteroatoms. The van der Waals surface area contributed by atoms with E-state index in [-0.39, 0.29) is 24.7 Å². The molecule has 0 atom stereocenters. The number of aliphatic hydroxyl groups is 1. The number of nitrogens with zero attached hydrogens (tertiary/aromatic N) is 6. The highest BCUT2D eigenvalue weighted by atomic mass is 19.1. The van der Waals surface area contributed by atoms with Gasteiger partial charge in [-0.15, -0.1) is 0 Å². The summed E-state index contributed by atoms with van der Waals surface area (Å²) in [6, 6.07) is 3.86. The standard InChI is InChI=1S/C29H40F2N8O2/c1-2-3-6-38(9-10-40)27-26-25(34-28(32)35-27)16-39(36-26)15-22-23(30)11-21(12-24(22)31)37-7-4-19(5-8-37)33-20-13-29(14-20)17-41-18-29/h11-12,16,19-20,33,40H,2-10,13-15,17-18H2,1H3,(H2,32,34). The van der Waals surface area contributed by atoms with E-state index in [1.165, 1.54) is 29.7 Å². The summed E-state index contributed by atoms with van der Waals surface area (Å²) in [6.45, 7) is 6.29. The Labute approximate surface area is 238 Å². The third kappa shape index (κ3) is 5.82. The zero-order valence-corrected chi connectivity index (χ0v) is 23.7. The molecule has 1 spiro atoms. The Balaban J connectivity index is 1.12. The average molecular weight is 571 g/mol. The Kier molecular flexibility index (Phi) is 7.97. The first kappa shape index (κ1) is 28.0. The topological polar surface area (TPSA) is 118 Å². The van der Waals surface area contributed by atoms with Crippen LogP contribution in [-0.4, -0.2) is 82.9 Å². The number of halogens is 2. The Morgan fingerprint density at radius 1 is 1.12 bits per heavy atom. The van der Waals surface area contributed by atoms with Gasteiger partial charge in [0.05, 0.1) is 32.6 Å². The van der Waals surface area contributed by atoms with Gasteiger partial charge in [0.15, 0.2) is 11.3 Å². The smallest absolute Gasteiger partial charge is 0.222 e. The summed E-state index contributed by atoms with van der Waals surface area (Å²) in [7, 11) is 0. The maximum atomic E-state index is 15.3. The molecule has 0 radical (unpaired) electrons. The summed E-state index contributed by atoms with van der Waals surface area (Å²) in [5.74, 6) is -0.607. The van der Waals surface area contributed by atoms with Crippen LogP contribution in [0.4, 0.5) is 26.2 Å². The number of nitrogen functional groups attached to an aromatic ring is 1. The van der Waals surface area contributed by atoms with E-state index < -0.39 is 11.6 Å². The van der Waals surface area contributed by atoms with Crippen LogP contribution < -0.4 is 20.9 Å². The van der Waals surface area contributed by atoms with Crippen LogP contribution in [0.15, 0.2) is 18.3 Å². The normalized spacial score (nSPS) is 19.1. The number of anilines is 3. The molecule has 10 nitrogen and oxygen atoms in total. The molecule has 3 aromatic rings. The summed E-state index contributed by atoms with van der Waals surface area (Å²) in [4.78, 5) is 12.6. The molecule has 6 rings (SSSR count). The monoisotopic (exact) mass is 570 g/mol. The van der Waals surface area contributed by atoms with Gasteiger partial charge in [0.2, 0.25) is 5.95 Å². The van der Waals surface area contributed by atoms with Gasteiger partial charge in [-0.05, 0) is 44.2 Å². The average Bonchev–Trinajstić information content (AvgIpc) is 3.31. The van der Waals surface area contributed by atoms with E-state index in [4.69, 9.17) is 10.5 Å². The van der Waals surface area contributed by atoms with Crippen LogP contribution in [0.3, 0.4) is 0 Å². The molecule has 222 valence electrons. The molecular weight excluding hydrogens is 530 g/mol. The number of unbranched alkanes of at least 4 members (excludes halogenated alkanes) is 1. The number of nitrogens with two attached hydrogens (primary N) is 1. The maximum Gasteiger partial charge on any atom is 0.222 e. The first-order valence-corrected chi connectivity index (χ1v) is 14.8. The van der Waals surface area contributed by atoms with E-state index in [1.807, 2.05) is 4.90 Å². The minimum atomic E-state index is -0.599. The number of aliphatic hydroxyl groups excluding tert-OH is 1. The predicted molar refractivity (Wildman–Crippen MR) is 154 cm³/mol. The van der Waals surface area contributed by atoms with Crippen LogP contribution in [-0.2, 0) is 11.3 Å². The van der Waals surface area contributed by atoms with Gasteiger partial charge in [0.1, 0.15) is 17.2 Å². The molecule has 3 fully saturated rings. The molecule has 3 aliphatic rings. The van der Waals surface area contributed by atoms with E-state index in [1.54, 1.807) is 6.20 Å². The maximum absolute atomic E-state index is 15.3. The van der Waals surface area contributed by atoms with Gasteiger partial charge in [0.25, 0.3) is 0 Å². The molecule has 41 heavy (non-hydrogen) atoms. The highest BCUT2D eigenvalue weighted by Gasteiger charge is 2.50. The number of rotatable bonds is 11. The molecule has 0 unspecified atom stereocenters. The lowest BCUT2D eigenvalue weighted by molar-refractivity contribution is -0.168. The number of fused-ring (bicyclic) bond motifs is 1. The molecule has 1 aromatic carbocycles. The van der Waals surface area contributed by atoms with E-state index in [9.17, 15) is 5.11 Å². The summed E-state index contributed by atoms with van der Waals surface area (Å²) >= 11 is 0. The van der Waals surface area contributed by atoms with Gasteiger partial charge < -0.3 is 30.7 Å². The minimum absolute atomic E-state index is 0.0518. The van der Waals surface area contributed by atoms with Crippen LogP contribution in [0.2, 0.25) is 0 Å². The van der Waals surface area contributed by atoms with Gasteiger partial charge in [-0.25, -0.2) is 13.8 Å². The second-order valence-electron chi connectivity index (χ2n) is 11.9. The second-order valence-corrected chi connectivity index (χ2v) is 11.9. The largest absolute Gasteiger partial charge is 0.395 e. The van der Waals surface area contributed by atoms with E-state index >= 15 is 8.78 Å². The molecule has 1 saturated carbocycles. The quantitative estimate of drug-likeness (QED) is 0.320. The molecule has 4 N–H and O–H groups in total. The zero-order chi connectivity index (χ0) is 28.6. The Hall–Kier alpha value is -3.09. The fraction of sp³-hybridized carbons (Fsp3) is 0.621. The fourth-order valence-corrected chi connectivity index (χ4v) is 6.51. The summed E-state index contributed by atoms with van der Waals surface area (Å²) < 4.78 is 37.5. The van der Waals surface area contributed by atoms with E-state index in [2.05, 4.69) is 32.2 Å². The molecule has 2 aliphatic heterocycles. The SMILES string of the molecule is CCCCN(CCO)c1nc(N)nc2cn(Cc3c(F)cc(N4CCC(NC5CC6(COC6)C5)CC4)cc3F)nc12. The lowest BCUT2D eigenvalue weighted by atomic mass is 9.64. The molecule has 0 bridgehead atoms. The lowest BCUT2D eigenvalue weighted by Gasteiger charge is -2.54. The van der Waals surface area contributed by atoms with Crippen molar-refractivity contribution in [3.63, 3.8) is 0 Å². The number of benzene rings is 1. The van der Waals surface area contributed by atoms with Crippen LogP contribution in [0.1, 0.15) is 51.0 Å². The number of aromatic nitrogens is 4. The van der Waals surface area contributed by atoms with Gasteiger partial charge >= 0.3 is 0 Å². The van der Waals surface area contributed by atoms with Crippen LogP contribution in [0.25, 0.3) is 11.0 Å². The molecule has 0 amide bonds. The zero-order valence-electron chi connectivity index (χ0n) is 23.7. The van der Waals surface area contributed by atoms with Gasteiger partial charge in [-0.3, -0.25) is 4.68 Å². The van der Waals surface area contributed by atoms with Crippen molar-refractivity contribution in [2.45, 2.75) is 64.1 Å².